The molecule has 0 aromatic heterocycles. The largest absolute Gasteiger partial charge is 0.489 e. The van der Waals surface area contributed by atoms with Gasteiger partial charge in [0.15, 0.2) is 0 Å². The average molecular weight is 278 g/mol. The van der Waals surface area contributed by atoms with E-state index in [0.29, 0.717) is 11.3 Å². The molecule has 0 radical (unpaired) electrons. The second-order valence-electron chi connectivity index (χ2n) is 4.04. The topological polar surface area (TPSA) is 35.5 Å². The summed E-state index contributed by atoms with van der Waals surface area (Å²) < 4.78 is 36.1. The number of methoxy groups -OCH3 is 1. The van der Waals surface area contributed by atoms with E-state index in [1.54, 1.807) is 24.3 Å². The summed E-state index contributed by atoms with van der Waals surface area (Å²) in [7, 11) is 1.30. The normalized spacial score (nSPS) is 10.2. The van der Waals surface area contributed by atoms with Crippen molar-refractivity contribution in [3.63, 3.8) is 0 Å². The first-order chi connectivity index (χ1) is 9.60. The molecule has 0 aliphatic carbocycles. The maximum atomic E-state index is 13.4. The molecule has 0 N–H and O–H groups in total. The van der Waals surface area contributed by atoms with Crippen LogP contribution >= 0.6 is 0 Å². The lowest BCUT2D eigenvalue weighted by molar-refractivity contribution is 0.0600. The Hall–Kier alpha value is -2.43. The van der Waals surface area contributed by atoms with E-state index in [2.05, 4.69) is 4.74 Å². The van der Waals surface area contributed by atoms with Gasteiger partial charge in [-0.25, -0.2) is 13.6 Å². The highest BCUT2D eigenvalue weighted by Crippen LogP contribution is 2.16. The highest BCUT2D eigenvalue weighted by molar-refractivity contribution is 5.89. The number of ether oxygens (including phenoxy) is 2. The zero-order valence-electron chi connectivity index (χ0n) is 10.7. The highest BCUT2D eigenvalue weighted by Gasteiger charge is 2.07. The van der Waals surface area contributed by atoms with Crippen LogP contribution in [0.3, 0.4) is 0 Å². The molecule has 20 heavy (non-hydrogen) atoms. The molecule has 0 spiro atoms. The van der Waals surface area contributed by atoms with Crippen LogP contribution in [0.15, 0.2) is 42.5 Å². The van der Waals surface area contributed by atoms with Gasteiger partial charge in [-0.1, -0.05) is 0 Å². The molecule has 104 valence electrons. The Kier molecular flexibility index (Phi) is 4.30. The van der Waals surface area contributed by atoms with Gasteiger partial charge in [0.25, 0.3) is 0 Å². The van der Waals surface area contributed by atoms with Crippen molar-refractivity contribution in [2.75, 3.05) is 7.11 Å². The number of rotatable bonds is 4. The van der Waals surface area contributed by atoms with Gasteiger partial charge >= 0.3 is 5.97 Å². The number of halogens is 2. The fourth-order valence-electron chi connectivity index (χ4n) is 1.60. The van der Waals surface area contributed by atoms with Gasteiger partial charge in [0.2, 0.25) is 0 Å². The third-order valence-corrected chi connectivity index (χ3v) is 2.68. The van der Waals surface area contributed by atoms with Gasteiger partial charge in [0.05, 0.1) is 12.7 Å². The van der Waals surface area contributed by atoms with E-state index in [-0.39, 0.29) is 12.2 Å². The molecule has 0 aliphatic rings. The van der Waals surface area contributed by atoms with Crippen LogP contribution in [0.2, 0.25) is 0 Å². The van der Waals surface area contributed by atoms with Gasteiger partial charge in [-0.2, -0.15) is 0 Å². The minimum absolute atomic E-state index is 0.0241. The van der Waals surface area contributed by atoms with Crippen molar-refractivity contribution in [1.82, 2.24) is 0 Å². The highest BCUT2D eigenvalue weighted by atomic mass is 19.1. The smallest absolute Gasteiger partial charge is 0.337 e. The average Bonchev–Trinajstić information content (AvgIpc) is 2.46. The molecule has 0 saturated carbocycles. The van der Waals surface area contributed by atoms with Crippen LogP contribution in [-0.4, -0.2) is 13.1 Å². The summed E-state index contributed by atoms with van der Waals surface area (Å²) in [6.07, 6.45) is 0. The SMILES string of the molecule is COC(=O)c1ccc(OCc2ccc(F)cc2F)cc1. The Labute approximate surface area is 114 Å². The van der Waals surface area contributed by atoms with Crippen LogP contribution in [-0.2, 0) is 11.3 Å². The minimum atomic E-state index is -0.656. The number of hydrogen-bond acceptors (Lipinski definition) is 3. The molecule has 2 aromatic rings. The van der Waals surface area contributed by atoms with Crippen molar-refractivity contribution in [3.8, 4) is 5.75 Å². The second-order valence-corrected chi connectivity index (χ2v) is 4.04. The van der Waals surface area contributed by atoms with E-state index in [4.69, 9.17) is 4.74 Å². The zero-order valence-corrected chi connectivity index (χ0v) is 10.7. The third kappa shape index (κ3) is 3.32. The fourth-order valence-corrected chi connectivity index (χ4v) is 1.60. The first kappa shape index (κ1) is 14.0. The molecule has 2 rings (SSSR count). The van der Waals surface area contributed by atoms with Gasteiger partial charge in [-0.15, -0.1) is 0 Å². The van der Waals surface area contributed by atoms with Gasteiger partial charge < -0.3 is 9.47 Å². The van der Waals surface area contributed by atoms with Gasteiger partial charge in [-0.3, -0.25) is 0 Å². The Morgan fingerprint density at radius 2 is 1.80 bits per heavy atom. The standard InChI is InChI=1S/C15H12F2O3/c1-19-15(18)10-3-6-13(7-4-10)20-9-11-2-5-12(16)8-14(11)17/h2-8H,9H2,1H3. The van der Waals surface area contributed by atoms with E-state index < -0.39 is 17.6 Å². The molecule has 0 unspecified atom stereocenters. The predicted octanol–water partition coefficient (Wildman–Crippen LogP) is 3.33. The molecule has 0 aliphatic heterocycles. The second kappa shape index (κ2) is 6.14. The minimum Gasteiger partial charge on any atom is -0.489 e. The molecule has 0 heterocycles. The zero-order chi connectivity index (χ0) is 14.5. The van der Waals surface area contributed by atoms with Crippen LogP contribution in [0.4, 0.5) is 8.78 Å². The van der Waals surface area contributed by atoms with E-state index in [1.807, 2.05) is 0 Å². The summed E-state index contributed by atoms with van der Waals surface area (Å²) in [6, 6.07) is 9.54. The van der Waals surface area contributed by atoms with Crippen LogP contribution in [0.5, 0.6) is 5.75 Å². The molecular formula is C15H12F2O3. The van der Waals surface area contributed by atoms with E-state index in [1.165, 1.54) is 19.2 Å². The number of benzene rings is 2. The molecule has 0 fully saturated rings. The van der Waals surface area contributed by atoms with Crippen LogP contribution in [0.1, 0.15) is 15.9 Å². The van der Waals surface area contributed by atoms with Crippen molar-refractivity contribution in [2.45, 2.75) is 6.61 Å². The lowest BCUT2D eigenvalue weighted by Gasteiger charge is -2.07. The Balaban J connectivity index is 2.02. The number of esters is 1. The van der Waals surface area contributed by atoms with E-state index in [9.17, 15) is 13.6 Å². The molecule has 0 amide bonds. The van der Waals surface area contributed by atoms with Gasteiger partial charge in [0.1, 0.15) is 24.0 Å². The molecule has 3 nitrogen and oxygen atoms in total. The summed E-state index contributed by atoms with van der Waals surface area (Å²) in [6.45, 7) is -0.0241. The first-order valence-corrected chi connectivity index (χ1v) is 5.85. The first-order valence-electron chi connectivity index (χ1n) is 5.85. The molecule has 0 bridgehead atoms. The predicted molar refractivity (Wildman–Crippen MR) is 68.5 cm³/mol. The van der Waals surface area contributed by atoms with Crippen molar-refractivity contribution >= 4 is 5.97 Å². The summed E-state index contributed by atoms with van der Waals surface area (Å²) in [4.78, 5) is 11.2. The molecule has 5 heteroatoms. The number of hydrogen-bond donors (Lipinski definition) is 0. The quantitative estimate of drug-likeness (QED) is 0.805. The maximum absolute atomic E-state index is 13.4. The third-order valence-electron chi connectivity index (χ3n) is 2.68. The summed E-state index contributed by atoms with van der Waals surface area (Å²) in [5, 5.41) is 0. The van der Waals surface area contributed by atoms with Crippen LogP contribution in [0, 0.1) is 11.6 Å². The number of carbonyl (C=O) groups is 1. The summed E-state index contributed by atoms with van der Waals surface area (Å²) in [5.41, 5.74) is 0.649. The monoisotopic (exact) mass is 278 g/mol. The molecule has 2 aromatic carbocycles. The van der Waals surface area contributed by atoms with Crippen LogP contribution in [0.25, 0.3) is 0 Å². The van der Waals surface area contributed by atoms with Crippen molar-refractivity contribution in [2.24, 2.45) is 0 Å². The number of carbonyl (C=O) groups excluding carboxylic acids is 1. The lowest BCUT2D eigenvalue weighted by Crippen LogP contribution is -2.02. The maximum Gasteiger partial charge on any atom is 0.337 e. The Morgan fingerprint density at radius 1 is 1.10 bits per heavy atom. The van der Waals surface area contributed by atoms with Crippen LogP contribution < -0.4 is 4.74 Å². The van der Waals surface area contributed by atoms with Crippen molar-refractivity contribution in [3.05, 3.63) is 65.2 Å². The molecule has 0 saturated heterocycles. The summed E-state index contributed by atoms with van der Waals surface area (Å²) >= 11 is 0. The Morgan fingerprint density at radius 3 is 2.40 bits per heavy atom. The molecule has 0 atom stereocenters. The van der Waals surface area contributed by atoms with E-state index in [0.717, 1.165) is 6.07 Å². The lowest BCUT2D eigenvalue weighted by atomic mass is 10.2. The van der Waals surface area contributed by atoms with Crippen molar-refractivity contribution < 1.29 is 23.0 Å². The van der Waals surface area contributed by atoms with Crippen molar-refractivity contribution in [1.29, 1.82) is 0 Å². The fraction of sp³-hybridized carbons (Fsp3) is 0.133. The summed E-state index contributed by atoms with van der Waals surface area (Å²) in [5.74, 6) is -1.26. The van der Waals surface area contributed by atoms with Gasteiger partial charge in [-0.05, 0) is 36.4 Å². The molecular weight excluding hydrogens is 266 g/mol. The van der Waals surface area contributed by atoms with Gasteiger partial charge in [0, 0.05) is 11.6 Å². The van der Waals surface area contributed by atoms with E-state index >= 15 is 0 Å². The Bertz CT molecular complexity index is 609.